The number of amides is 2. The van der Waals surface area contributed by atoms with Crippen LogP contribution in [0.5, 0.6) is 0 Å². The van der Waals surface area contributed by atoms with E-state index in [9.17, 15) is 18.0 Å². The van der Waals surface area contributed by atoms with Crippen molar-refractivity contribution < 1.29 is 22.7 Å². The molecule has 0 aliphatic carbocycles. The minimum Gasteiger partial charge on any atom is -0.414 e. The van der Waals surface area contributed by atoms with Gasteiger partial charge in [-0.1, -0.05) is 23.7 Å². The number of sulfonamides is 1. The molecule has 2 aliphatic heterocycles. The van der Waals surface area contributed by atoms with Gasteiger partial charge in [-0.3, -0.25) is 4.79 Å². The van der Waals surface area contributed by atoms with Gasteiger partial charge in [-0.05, 0) is 67.9 Å². The summed E-state index contributed by atoms with van der Waals surface area (Å²) in [5, 5.41) is 5.56. The number of quaternary nitrogens is 1. The lowest BCUT2D eigenvalue weighted by atomic mass is 10.1. The molecular weight excluding hydrogens is 564 g/mol. The second-order valence-corrected chi connectivity index (χ2v) is 13.9. The van der Waals surface area contributed by atoms with Crippen LogP contribution in [0, 0.1) is 0 Å². The Morgan fingerprint density at radius 1 is 0.878 bits per heavy atom. The Balaban J connectivity index is 1.27. The lowest BCUT2D eigenvalue weighted by Crippen LogP contribution is -2.64. The number of hydrogen-bond donors (Lipinski definition) is 1. The zero-order valence-corrected chi connectivity index (χ0v) is 25.2. The largest absolute Gasteiger partial charge is 0.521 e. The number of hydrogen-bond acceptors (Lipinski definition) is 6. The number of ether oxygens (including phenoxy) is 1. The molecule has 3 aromatic carbocycles. The molecule has 0 bridgehead atoms. The average Bonchev–Trinajstić information content (AvgIpc) is 2.96. The Morgan fingerprint density at radius 3 is 2.12 bits per heavy atom. The van der Waals surface area contributed by atoms with Crippen LogP contribution in [-0.2, 0) is 14.8 Å². The molecule has 2 heterocycles. The van der Waals surface area contributed by atoms with Crippen molar-refractivity contribution in [1.29, 1.82) is 0 Å². The van der Waals surface area contributed by atoms with Crippen molar-refractivity contribution in [3.05, 3.63) is 71.2 Å². The molecule has 218 valence electrons. The first kappa shape index (κ1) is 29.5. The van der Waals surface area contributed by atoms with Gasteiger partial charge < -0.3 is 15.0 Å². The monoisotopic (exact) mass is 599 g/mol. The van der Waals surface area contributed by atoms with Gasteiger partial charge in [0.15, 0.2) is 0 Å². The molecule has 2 aliphatic rings. The number of nitrogens with zero attached hydrogens (tertiary/aromatic N) is 3. The van der Waals surface area contributed by atoms with Crippen molar-refractivity contribution in [3.8, 4) is 0 Å². The molecule has 0 aromatic heterocycles. The fourth-order valence-corrected chi connectivity index (χ4v) is 7.02. The lowest BCUT2D eigenvalue weighted by Gasteiger charge is -2.38. The number of fused-ring (bicyclic) bond motifs is 1. The maximum Gasteiger partial charge on any atom is 0.521 e. The molecule has 5 rings (SSSR count). The fraction of sp³-hybridized carbons (Fsp3) is 0.400. The average molecular weight is 600 g/mol. The molecule has 0 saturated carbocycles. The van der Waals surface area contributed by atoms with Gasteiger partial charge in [0, 0.05) is 62.0 Å². The van der Waals surface area contributed by atoms with E-state index in [1.807, 2.05) is 32.9 Å². The summed E-state index contributed by atoms with van der Waals surface area (Å²) in [7, 11) is -3.71. The number of carbonyl (C=O) groups is 2. The van der Waals surface area contributed by atoms with Crippen molar-refractivity contribution in [3.63, 3.8) is 0 Å². The van der Waals surface area contributed by atoms with Crippen LogP contribution >= 0.6 is 11.6 Å². The van der Waals surface area contributed by atoms with Gasteiger partial charge in [0.2, 0.25) is 10.0 Å². The van der Waals surface area contributed by atoms with Gasteiger partial charge >= 0.3 is 6.09 Å². The van der Waals surface area contributed by atoms with Crippen LogP contribution in [0.2, 0.25) is 5.02 Å². The van der Waals surface area contributed by atoms with E-state index in [0.29, 0.717) is 36.8 Å². The maximum absolute atomic E-state index is 13.4. The van der Waals surface area contributed by atoms with Crippen LogP contribution in [0.4, 0.5) is 10.5 Å². The Morgan fingerprint density at radius 2 is 1.49 bits per heavy atom. The minimum absolute atomic E-state index is 0.0666. The smallest absolute Gasteiger partial charge is 0.414 e. The minimum atomic E-state index is -3.71. The molecule has 9 nitrogen and oxygen atoms in total. The third-order valence-corrected chi connectivity index (χ3v) is 9.76. The first-order valence-corrected chi connectivity index (χ1v) is 15.6. The summed E-state index contributed by atoms with van der Waals surface area (Å²) in [5.41, 5.74) is 0.669. The summed E-state index contributed by atoms with van der Waals surface area (Å²) in [4.78, 5) is 28.5. The molecule has 2 fully saturated rings. The zero-order valence-electron chi connectivity index (χ0n) is 23.6. The SMILES string of the molecule is CC(C)(C)OC(=O)[N+]1(c2ccc(C(=O)N3CCN(S(=O)(=O)c4ccc5cc(Cl)ccc5c4)CC3)cc2)CCNCC1. The molecule has 0 radical (unpaired) electrons. The fourth-order valence-electron chi connectivity index (χ4n) is 5.38. The van der Waals surface area contributed by atoms with E-state index in [-0.39, 0.29) is 47.6 Å². The van der Waals surface area contributed by atoms with Crippen molar-refractivity contribution >= 4 is 50.1 Å². The van der Waals surface area contributed by atoms with Crippen molar-refractivity contribution in [2.24, 2.45) is 0 Å². The Bertz CT molecular complexity index is 1560. The summed E-state index contributed by atoms with van der Waals surface area (Å²) in [6.45, 7) is 9.03. The van der Waals surface area contributed by atoms with E-state index >= 15 is 0 Å². The standard InChI is InChI=1S/C30H36ClN4O5S/c1-30(2,3)40-29(37)35(18-12-32-13-19-35)26-9-5-22(6-10-26)28(36)33-14-16-34(17-15-33)41(38,39)27-11-7-23-20-25(31)8-4-24(23)21-27/h4-11,20-21,32H,12-19H2,1-3H3/q+1. The van der Waals surface area contributed by atoms with Crippen LogP contribution in [0.15, 0.2) is 65.6 Å². The third-order valence-electron chi connectivity index (χ3n) is 7.63. The lowest BCUT2D eigenvalue weighted by molar-refractivity contribution is 0.0241. The van der Waals surface area contributed by atoms with E-state index in [2.05, 4.69) is 5.32 Å². The highest BCUT2D eigenvalue weighted by Crippen LogP contribution is 2.29. The summed E-state index contributed by atoms with van der Waals surface area (Å²) in [6.07, 6.45) is -0.300. The topological polar surface area (TPSA) is 96.0 Å². The number of rotatable bonds is 4. The molecule has 1 N–H and O–H groups in total. The highest BCUT2D eigenvalue weighted by atomic mass is 35.5. The number of nitrogens with one attached hydrogen (secondary N) is 1. The van der Waals surface area contributed by atoms with E-state index < -0.39 is 15.6 Å². The molecule has 0 spiro atoms. The molecule has 11 heteroatoms. The Hall–Kier alpha value is -3.02. The van der Waals surface area contributed by atoms with Crippen molar-refractivity contribution in [1.82, 2.24) is 19.0 Å². The van der Waals surface area contributed by atoms with Gasteiger partial charge in [-0.25, -0.2) is 8.42 Å². The van der Waals surface area contributed by atoms with Crippen LogP contribution in [0.1, 0.15) is 31.1 Å². The summed E-state index contributed by atoms with van der Waals surface area (Å²) in [6, 6.07) is 17.5. The van der Waals surface area contributed by atoms with Crippen molar-refractivity contribution in [2.45, 2.75) is 31.3 Å². The second kappa shape index (κ2) is 11.3. The first-order chi connectivity index (χ1) is 19.4. The van der Waals surface area contributed by atoms with Crippen LogP contribution in [0.25, 0.3) is 10.8 Å². The number of carbonyl (C=O) groups excluding carboxylic acids is 2. The quantitative estimate of drug-likeness (QED) is 0.444. The van der Waals surface area contributed by atoms with Crippen LogP contribution in [0.3, 0.4) is 0 Å². The van der Waals surface area contributed by atoms with Gasteiger partial charge in [-0.15, -0.1) is 0 Å². The number of piperazine rings is 2. The van der Waals surface area contributed by atoms with E-state index in [4.69, 9.17) is 16.3 Å². The molecule has 0 atom stereocenters. The Labute approximate surface area is 246 Å². The predicted octanol–water partition coefficient (Wildman–Crippen LogP) is 4.49. The van der Waals surface area contributed by atoms with Gasteiger partial charge in [0.05, 0.1) is 4.90 Å². The van der Waals surface area contributed by atoms with Gasteiger partial charge in [0.1, 0.15) is 24.4 Å². The van der Waals surface area contributed by atoms with E-state index in [1.54, 1.807) is 53.4 Å². The highest BCUT2D eigenvalue weighted by molar-refractivity contribution is 7.89. The first-order valence-electron chi connectivity index (χ1n) is 13.8. The highest BCUT2D eigenvalue weighted by Gasteiger charge is 2.44. The molecule has 3 aromatic rings. The Kier molecular flexibility index (Phi) is 8.15. The summed E-state index contributed by atoms with van der Waals surface area (Å²) in [5.74, 6) is -0.166. The summed E-state index contributed by atoms with van der Waals surface area (Å²) < 4.78 is 34.0. The second-order valence-electron chi connectivity index (χ2n) is 11.5. The maximum atomic E-state index is 13.4. The van der Waals surface area contributed by atoms with E-state index in [0.717, 1.165) is 16.5 Å². The van der Waals surface area contributed by atoms with Crippen molar-refractivity contribution in [2.75, 3.05) is 52.4 Å². The van der Waals surface area contributed by atoms with Crippen LogP contribution in [-0.4, -0.2) is 87.6 Å². The number of halogens is 1. The molecule has 0 unspecified atom stereocenters. The predicted molar refractivity (Wildman–Crippen MR) is 161 cm³/mol. The number of benzene rings is 3. The normalized spacial score (nSPS) is 18.3. The van der Waals surface area contributed by atoms with Gasteiger partial charge in [0.25, 0.3) is 5.91 Å². The third kappa shape index (κ3) is 6.12. The zero-order chi connectivity index (χ0) is 29.4. The molecule has 41 heavy (non-hydrogen) atoms. The van der Waals surface area contributed by atoms with E-state index in [1.165, 1.54) is 4.31 Å². The summed E-state index contributed by atoms with van der Waals surface area (Å²) >= 11 is 6.06. The van der Waals surface area contributed by atoms with Crippen LogP contribution < -0.4 is 9.80 Å². The molecular formula is C30H36ClN4O5S+. The molecule has 2 amide bonds. The molecule has 2 saturated heterocycles. The van der Waals surface area contributed by atoms with Gasteiger partial charge in [-0.2, -0.15) is 13.6 Å².